The summed E-state index contributed by atoms with van der Waals surface area (Å²) in [7, 11) is 4.17. The standard InChI is InChI=1S/C35H28ClNO7.C27H16ClF3O8S.C9H13NO2/c1-37(22-9-12-24(13-10-22)41-19-39-2)23-11-14-25-21(16-23)8-15-28-33(25)43-31-18-32(42-20-40-3)30(36)17-29(31)35(28)27-7-5-4-6-26(27)34(38)44-35;1-35-13-36-23-12-22-20(11-21(23)28)26(18-5-3-2-4-17(18)25(32)38-26)19-9-6-14-10-15(7-8-16(14)24(19)37-22)39-40(33,34)27(29,30)31;1-10-8-3-5-9(6-4-8)12-7-11-2/h4-18H,19-20H2,1-3H3;2-12H,13H2,1H3;3-6,10H,7H2,1-2H3. The summed E-state index contributed by atoms with van der Waals surface area (Å²) >= 11 is 13.2. The molecule has 0 saturated carbocycles. The lowest BCUT2D eigenvalue weighted by molar-refractivity contribution is -0.0500. The van der Waals surface area contributed by atoms with Crippen molar-refractivity contribution in [3.05, 3.63) is 237 Å². The number of halogens is 5. The third kappa shape index (κ3) is 12.2. The number of ether oxygens (including phenoxy) is 12. The van der Waals surface area contributed by atoms with E-state index < -0.39 is 44.5 Å². The van der Waals surface area contributed by atoms with Gasteiger partial charge < -0.3 is 71.2 Å². The van der Waals surface area contributed by atoms with Crippen molar-refractivity contribution in [3.63, 3.8) is 0 Å². The van der Waals surface area contributed by atoms with E-state index in [2.05, 4.69) is 20.5 Å². The zero-order valence-corrected chi connectivity index (χ0v) is 54.2. The molecule has 1 N–H and O–H groups in total. The Bertz CT molecular complexity index is 4760. The number of fused-ring (bicyclic) bond motifs is 16. The number of esters is 2. The Morgan fingerprint density at radius 3 is 1.39 bits per heavy atom. The summed E-state index contributed by atoms with van der Waals surface area (Å²) in [5.74, 6) is 2.16. The molecule has 494 valence electrons. The Morgan fingerprint density at radius 2 is 0.917 bits per heavy atom. The number of hydrogen-bond acceptors (Lipinski definition) is 19. The summed E-state index contributed by atoms with van der Waals surface area (Å²) in [6.45, 7) is 0.390. The molecule has 0 aromatic heterocycles. The SMILES string of the molecule is CNc1ccc(OCOC)cc1.COCOc1cc2c(cc1Cl)C1(OC(=O)c3ccccc31)c1ccc3cc(OS(=O)(=O)C(F)(F)F)ccc3c1O2.COCOc1ccc(N(C)c2ccc3c4c(ccc3c2)C2(OC(=O)c3ccccc32)c2cc(Cl)c(OCOC)cc2O4)cc1. The Kier molecular flexibility index (Phi) is 18.6. The first-order valence-electron chi connectivity index (χ1n) is 29.2. The van der Waals surface area contributed by atoms with Gasteiger partial charge in [-0.2, -0.15) is 21.6 Å². The largest absolute Gasteiger partial charge is 0.534 e. The molecule has 0 fully saturated rings. The Morgan fingerprint density at radius 1 is 0.490 bits per heavy atom. The summed E-state index contributed by atoms with van der Waals surface area (Å²) in [5.41, 5.74) is -1.03. The van der Waals surface area contributed by atoms with Crippen LogP contribution in [-0.2, 0) is 49.7 Å². The molecule has 10 aromatic carbocycles. The van der Waals surface area contributed by atoms with E-state index in [1.807, 2.05) is 105 Å². The molecule has 2 unspecified atom stereocenters. The van der Waals surface area contributed by atoms with Crippen LogP contribution in [0.5, 0.6) is 51.7 Å². The first kappa shape index (κ1) is 66.1. The van der Waals surface area contributed by atoms with Gasteiger partial charge in [0.15, 0.2) is 38.4 Å². The van der Waals surface area contributed by atoms with Crippen molar-refractivity contribution < 1.29 is 92.2 Å². The van der Waals surface area contributed by atoms with Gasteiger partial charge in [-0.1, -0.05) is 71.7 Å². The molecule has 4 aliphatic heterocycles. The zero-order valence-electron chi connectivity index (χ0n) is 51.8. The number of methoxy groups -OCH3 is 4. The topological polar surface area (TPSA) is 204 Å². The molecule has 0 aliphatic carbocycles. The van der Waals surface area contributed by atoms with E-state index in [1.165, 1.54) is 32.4 Å². The normalized spacial score (nSPS) is 15.9. The van der Waals surface area contributed by atoms with E-state index in [9.17, 15) is 31.2 Å². The van der Waals surface area contributed by atoms with E-state index in [1.54, 1.807) is 68.8 Å². The highest BCUT2D eigenvalue weighted by molar-refractivity contribution is 7.88. The first-order chi connectivity index (χ1) is 46.3. The summed E-state index contributed by atoms with van der Waals surface area (Å²) < 4.78 is 133. The fourth-order valence-corrected chi connectivity index (χ4v) is 12.6. The lowest BCUT2D eigenvalue weighted by Crippen LogP contribution is -2.33. The molecule has 2 atom stereocenters. The molecule has 10 aromatic rings. The maximum atomic E-state index is 13.3. The van der Waals surface area contributed by atoms with Gasteiger partial charge in [0.25, 0.3) is 0 Å². The predicted molar refractivity (Wildman–Crippen MR) is 351 cm³/mol. The van der Waals surface area contributed by atoms with Gasteiger partial charge in [0, 0.05) is 116 Å². The van der Waals surface area contributed by atoms with Gasteiger partial charge in [-0.25, -0.2) is 9.59 Å². The minimum atomic E-state index is -5.88. The fourth-order valence-electron chi connectivity index (χ4n) is 11.7. The number of nitrogens with one attached hydrogen (secondary N) is 1. The van der Waals surface area contributed by atoms with Gasteiger partial charge in [-0.05, 0) is 132 Å². The van der Waals surface area contributed by atoms with E-state index in [-0.39, 0.29) is 42.6 Å². The number of anilines is 3. The minimum absolute atomic E-state index is 0.0141. The molecular weight excluding hydrogens is 1310 g/mol. The summed E-state index contributed by atoms with van der Waals surface area (Å²) in [6, 6.07) is 53.1. The number of alkyl halides is 3. The van der Waals surface area contributed by atoms with E-state index >= 15 is 0 Å². The highest BCUT2D eigenvalue weighted by Gasteiger charge is 2.56. The second-order valence-corrected chi connectivity index (χ2v) is 24.0. The van der Waals surface area contributed by atoms with Crippen LogP contribution in [0.3, 0.4) is 0 Å². The van der Waals surface area contributed by atoms with Gasteiger partial charge in [0.2, 0.25) is 0 Å². The lowest BCUT2D eigenvalue weighted by Gasteiger charge is -2.37. The smallest absolute Gasteiger partial charge is 0.468 e. The van der Waals surface area contributed by atoms with Crippen molar-refractivity contribution in [2.24, 2.45) is 0 Å². The van der Waals surface area contributed by atoms with Crippen LogP contribution in [0.15, 0.2) is 182 Å². The van der Waals surface area contributed by atoms with Crippen molar-refractivity contribution in [2.45, 2.75) is 16.7 Å². The van der Waals surface area contributed by atoms with Gasteiger partial charge in [-0.3, -0.25) is 0 Å². The summed E-state index contributed by atoms with van der Waals surface area (Å²) in [4.78, 5) is 28.4. The third-order valence-electron chi connectivity index (χ3n) is 16.0. The van der Waals surface area contributed by atoms with Crippen LogP contribution in [0.1, 0.15) is 54.1 Å². The van der Waals surface area contributed by atoms with Crippen molar-refractivity contribution >= 4 is 83.9 Å². The Labute approximate surface area is 558 Å². The van der Waals surface area contributed by atoms with Crippen LogP contribution in [0.4, 0.5) is 30.2 Å². The number of benzene rings is 10. The van der Waals surface area contributed by atoms with E-state index in [4.69, 9.17) is 80.0 Å². The minimum Gasteiger partial charge on any atom is -0.468 e. The number of rotatable bonds is 17. The summed E-state index contributed by atoms with van der Waals surface area (Å²) in [5, 5.41) is 6.08. The molecule has 19 nitrogen and oxygen atoms in total. The highest BCUT2D eigenvalue weighted by Crippen LogP contribution is 2.61. The van der Waals surface area contributed by atoms with Crippen LogP contribution in [0.25, 0.3) is 21.5 Å². The molecular formula is C71H57Cl2F3N2O17S. The molecule has 14 rings (SSSR count). The van der Waals surface area contributed by atoms with Crippen molar-refractivity contribution in [1.82, 2.24) is 0 Å². The highest BCUT2D eigenvalue weighted by atomic mass is 35.5. The maximum Gasteiger partial charge on any atom is 0.534 e. The number of carbonyl (C=O) groups is 2. The molecule has 96 heavy (non-hydrogen) atoms. The lowest BCUT2D eigenvalue weighted by atomic mass is 9.77. The number of carbonyl (C=O) groups excluding carboxylic acids is 2. The molecule has 0 amide bonds. The Hall–Kier alpha value is -9.98. The summed E-state index contributed by atoms with van der Waals surface area (Å²) in [6.07, 6.45) is 0. The average Bonchev–Trinajstić information content (AvgIpc) is 1.42. The quantitative estimate of drug-likeness (QED) is 0.0390. The zero-order chi connectivity index (χ0) is 67.7. The van der Waals surface area contributed by atoms with Crippen LogP contribution < -0.4 is 42.8 Å². The molecule has 0 radical (unpaired) electrons. The van der Waals surface area contributed by atoms with Crippen LogP contribution in [0.2, 0.25) is 10.0 Å². The van der Waals surface area contributed by atoms with Crippen molar-refractivity contribution in [2.75, 3.05) is 79.9 Å². The van der Waals surface area contributed by atoms with E-state index in [0.29, 0.717) is 78.8 Å². The van der Waals surface area contributed by atoms with E-state index in [0.717, 1.165) is 57.0 Å². The molecule has 0 saturated heterocycles. The van der Waals surface area contributed by atoms with Gasteiger partial charge in [-0.15, -0.1) is 0 Å². The second kappa shape index (κ2) is 27.0. The van der Waals surface area contributed by atoms with Crippen LogP contribution in [0, 0.1) is 0 Å². The average molecular weight is 1370 g/mol. The molecule has 2 spiro atoms. The molecule has 4 aliphatic rings. The number of nitrogens with zero attached hydrogens (tertiary/aromatic N) is 1. The Balaban J connectivity index is 0.000000157. The molecule has 4 heterocycles. The second-order valence-electron chi connectivity index (χ2n) is 21.7. The van der Waals surface area contributed by atoms with Crippen LogP contribution in [-0.4, -0.2) is 95.6 Å². The molecule has 25 heteroatoms. The van der Waals surface area contributed by atoms with Gasteiger partial charge >= 0.3 is 27.6 Å². The third-order valence-corrected chi connectivity index (χ3v) is 17.6. The monoisotopic (exact) mass is 1370 g/mol. The predicted octanol–water partition coefficient (Wildman–Crippen LogP) is 15.8. The van der Waals surface area contributed by atoms with Crippen molar-refractivity contribution in [1.29, 1.82) is 0 Å². The number of hydrogen-bond donors (Lipinski definition) is 1. The maximum absolute atomic E-state index is 13.3. The van der Waals surface area contributed by atoms with Gasteiger partial charge in [0.1, 0.15) is 51.7 Å². The van der Waals surface area contributed by atoms with Crippen molar-refractivity contribution in [3.8, 4) is 51.7 Å². The van der Waals surface area contributed by atoms with Gasteiger partial charge in [0.05, 0.1) is 21.2 Å². The molecule has 0 bridgehead atoms. The fraction of sp³-hybridized carbons (Fsp3) is 0.183. The first-order valence-corrected chi connectivity index (χ1v) is 31.4. The van der Waals surface area contributed by atoms with Crippen LogP contribution >= 0.6 is 23.2 Å².